The van der Waals surface area contributed by atoms with Gasteiger partial charge in [0, 0.05) is 0 Å². The molecule has 1 rings (SSSR count). The van der Waals surface area contributed by atoms with E-state index in [1.807, 2.05) is 6.07 Å². The van der Waals surface area contributed by atoms with Crippen LogP contribution in [-0.4, -0.2) is 24.8 Å². The van der Waals surface area contributed by atoms with E-state index >= 15 is 0 Å². The predicted octanol–water partition coefficient (Wildman–Crippen LogP) is 3.56. The van der Waals surface area contributed by atoms with E-state index in [2.05, 4.69) is 52.1 Å². The number of hydroxylamine groups is 3. The van der Waals surface area contributed by atoms with E-state index in [-0.39, 0.29) is 6.10 Å². The lowest BCUT2D eigenvalue weighted by molar-refractivity contribution is -1.10. The summed E-state index contributed by atoms with van der Waals surface area (Å²) in [6.45, 7) is 8.51. The van der Waals surface area contributed by atoms with Gasteiger partial charge in [-0.05, 0) is 25.8 Å². The van der Waals surface area contributed by atoms with Gasteiger partial charge in [-0.25, -0.2) is 0 Å². The fourth-order valence-corrected chi connectivity index (χ4v) is 1.72. The highest BCUT2D eigenvalue weighted by atomic mass is 16.7. The first kappa shape index (κ1) is 13.2. The topological polar surface area (TPSA) is 9.23 Å². The summed E-state index contributed by atoms with van der Waals surface area (Å²) in [5.74, 6) is 0. The van der Waals surface area contributed by atoms with Crippen LogP contribution in [0.2, 0.25) is 0 Å². The molecule has 1 unspecified atom stereocenters. The molecule has 0 N–H and O–H groups in total. The minimum atomic E-state index is 0.200. The molecule has 0 aromatic heterocycles. The minimum Gasteiger partial charge on any atom is -0.195 e. The van der Waals surface area contributed by atoms with Crippen LogP contribution in [0.4, 0.5) is 0 Å². The highest BCUT2D eigenvalue weighted by Gasteiger charge is 2.24. The van der Waals surface area contributed by atoms with Crippen LogP contribution < -0.4 is 0 Å². The molecular formula is C14H24NO+. The first-order chi connectivity index (χ1) is 7.65. The Labute approximate surface area is 99.4 Å². The number of hydrogen-bond acceptors (Lipinski definition) is 1. The Kier molecular flexibility index (Phi) is 4.97. The Hall–Kier alpha value is -0.860. The van der Waals surface area contributed by atoms with Crippen molar-refractivity contribution in [3.8, 4) is 0 Å². The predicted molar refractivity (Wildman–Crippen MR) is 67.8 cm³/mol. The van der Waals surface area contributed by atoms with Crippen LogP contribution in [0.15, 0.2) is 30.3 Å². The van der Waals surface area contributed by atoms with Crippen LogP contribution in [0.3, 0.4) is 0 Å². The van der Waals surface area contributed by atoms with Crippen LogP contribution in [0.1, 0.15) is 38.9 Å². The molecule has 1 atom stereocenters. The Morgan fingerprint density at radius 2 is 1.62 bits per heavy atom. The number of quaternary nitrogens is 1. The van der Waals surface area contributed by atoms with Crippen molar-refractivity contribution in [3.63, 3.8) is 0 Å². The molecule has 0 saturated heterocycles. The number of rotatable bonds is 6. The third-order valence-corrected chi connectivity index (χ3v) is 3.26. The highest BCUT2D eigenvalue weighted by molar-refractivity contribution is 5.17. The maximum absolute atomic E-state index is 6.21. The van der Waals surface area contributed by atoms with Gasteiger partial charge >= 0.3 is 0 Å². The first-order valence-electron chi connectivity index (χ1n) is 6.23. The standard InChI is InChI=1S/C14H24NO/c1-5-14(13-11-9-8-10-12-13)16-15(4,6-2)7-3/h8-12,14H,5-7H2,1-4H3/q+1. The van der Waals surface area contributed by atoms with Crippen molar-refractivity contribution in [2.45, 2.75) is 33.3 Å². The quantitative estimate of drug-likeness (QED) is 0.528. The van der Waals surface area contributed by atoms with Crippen molar-refractivity contribution in [2.75, 3.05) is 20.1 Å². The van der Waals surface area contributed by atoms with Crippen LogP contribution in [0.25, 0.3) is 0 Å². The van der Waals surface area contributed by atoms with Gasteiger partial charge in [0.1, 0.15) is 19.2 Å². The van der Waals surface area contributed by atoms with Crippen molar-refractivity contribution < 1.29 is 9.48 Å². The van der Waals surface area contributed by atoms with Gasteiger partial charge in [0.05, 0.1) is 7.05 Å². The van der Waals surface area contributed by atoms with E-state index in [9.17, 15) is 0 Å². The molecule has 0 radical (unpaired) electrons. The SMILES string of the molecule is CCC(O[N+](C)(CC)CC)c1ccccc1. The molecule has 0 aliphatic heterocycles. The van der Waals surface area contributed by atoms with Gasteiger partial charge in [-0.15, -0.1) is 0 Å². The molecule has 0 saturated carbocycles. The van der Waals surface area contributed by atoms with Crippen molar-refractivity contribution in [2.24, 2.45) is 0 Å². The second-order valence-electron chi connectivity index (χ2n) is 4.34. The molecule has 2 nitrogen and oxygen atoms in total. The average molecular weight is 222 g/mol. The van der Waals surface area contributed by atoms with Crippen molar-refractivity contribution in [3.05, 3.63) is 35.9 Å². The van der Waals surface area contributed by atoms with Gasteiger partial charge in [0.25, 0.3) is 0 Å². The second-order valence-corrected chi connectivity index (χ2v) is 4.34. The number of benzene rings is 1. The molecule has 0 spiro atoms. The fraction of sp³-hybridized carbons (Fsp3) is 0.571. The molecule has 1 aromatic carbocycles. The van der Waals surface area contributed by atoms with Crippen molar-refractivity contribution in [1.82, 2.24) is 0 Å². The zero-order valence-electron chi connectivity index (χ0n) is 10.9. The Bertz CT molecular complexity index is 293. The van der Waals surface area contributed by atoms with E-state index in [4.69, 9.17) is 4.84 Å². The van der Waals surface area contributed by atoms with Crippen LogP contribution >= 0.6 is 0 Å². The summed E-state index contributed by atoms with van der Waals surface area (Å²) >= 11 is 0. The van der Waals surface area contributed by atoms with Gasteiger partial charge in [-0.1, -0.05) is 37.3 Å². The molecule has 0 heterocycles. The monoisotopic (exact) mass is 222 g/mol. The number of hydrogen-bond donors (Lipinski definition) is 0. The lowest BCUT2D eigenvalue weighted by Gasteiger charge is -2.32. The van der Waals surface area contributed by atoms with Crippen molar-refractivity contribution >= 4 is 0 Å². The molecule has 0 amide bonds. The van der Waals surface area contributed by atoms with E-state index in [0.29, 0.717) is 4.65 Å². The lowest BCUT2D eigenvalue weighted by atomic mass is 10.1. The Balaban J connectivity index is 2.77. The summed E-state index contributed by atoms with van der Waals surface area (Å²) in [5, 5.41) is 0. The van der Waals surface area contributed by atoms with Crippen molar-refractivity contribution in [1.29, 1.82) is 0 Å². The van der Waals surface area contributed by atoms with Gasteiger partial charge in [-0.2, -0.15) is 9.48 Å². The summed E-state index contributed by atoms with van der Waals surface area (Å²) in [6.07, 6.45) is 1.21. The summed E-state index contributed by atoms with van der Waals surface area (Å²) in [7, 11) is 2.14. The second kappa shape index (κ2) is 6.02. The summed E-state index contributed by atoms with van der Waals surface area (Å²) in [6, 6.07) is 10.5. The summed E-state index contributed by atoms with van der Waals surface area (Å²) < 4.78 is 0.674. The molecule has 90 valence electrons. The molecule has 2 heteroatoms. The summed E-state index contributed by atoms with van der Waals surface area (Å²) in [4.78, 5) is 6.21. The largest absolute Gasteiger partial charge is 0.195 e. The van der Waals surface area contributed by atoms with Crippen LogP contribution in [0.5, 0.6) is 0 Å². The van der Waals surface area contributed by atoms with Gasteiger partial charge in [0.2, 0.25) is 0 Å². The minimum absolute atomic E-state index is 0.200. The van der Waals surface area contributed by atoms with E-state index in [0.717, 1.165) is 19.5 Å². The van der Waals surface area contributed by atoms with Crippen LogP contribution in [0, 0.1) is 0 Å². The molecule has 0 bridgehead atoms. The maximum atomic E-state index is 6.21. The van der Waals surface area contributed by atoms with Gasteiger partial charge in [-0.3, -0.25) is 0 Å². The molecular weight excluding hydrogens is 198 g/mol. The average Bonchev–Trinajstić information content (AvgIpc) is 2.36. The van der Waals surface area contributed by atoms with E-state index in [1.54, 1.807) is 0 Å². The Morgan fingerprint density at radius 1 is 1.06 bits per heavy atom. The zero-order chi connectivity index (χ0) is 12.0. The van der Waals surface area contributed by atoms with E-state index < -0.39 is 0 Å². The third-order valence-electron chi connectivity index (χ3n) is 3.26. The molecule has 1 aromatic rings. The molecule has 16 heavy (non-hydrogen) atoms. The smallest absolute Gasteiger partial charge is 0.141 e. The van der Waals surface area contributed by atoms with E-state index in [1.165, 1.54) is 5.56 Å². The van der Waals surface area contributed by atoms with Crippen LogP contribution in [-0.2, 0) is 4.84 Å². The number of nitrogens with zero attached hydrogens (tertiary/aromatic N) is 1. The highest BCUT2D eigenvalue weighted by Crippen LogP contribution is 2.24. The third kappa shape index (κ3) is 3.32. The lowest BCUT2D eigenvalue weighted by Crippen LogP contribution is -2.44. The first-order valence-corrected chi connectivity index (χ1v) is 6.23. The maximum Gasteiger partial charge on any atom is 0.141 e. The molecule has 0 fully saturated rings. The van der Waals surface area contributed by atoms with Gasteiger partial charge < -0.3 is 0 Å². The zero-order valence-corrected chi connectivity index (χ0v) is 10.9. The molecule has 0 aliphatic rings. The Morgan fingerprint density at radius 3 is 2.06 bits per heavy atom. The summed E-state index contributed by atoms with van der Waals surface area (Å²) in [5.41, 5.74) is 1.27. The normalized spacial score (nSPS) is 13.8. The molecule has 0 aliphatic carbocycles. The van der Waals surface area contributed by atoms with Gasteiger partial charge in [0.15, 0.2) is 0 Å². The fourth-order valence-electron chi connectivity index (χ4n) is 1.72.